The van der Waals surface area contributed by atoms with Crippen molar-refractivity contribution in [2.24, 2.45) is 0 Å². The normalized spacial score (nSPS) is 10.6. The maximum Gasteiger partial charge on any atom is 0.256 e. The van der Waals surface area contributed by atoms with Crippen LogP contribution in [0.25, 0.3) is 0 Å². The van der Waals surface area contributed by atoms with Crippen LogP contribution in [-0.2, 0) is 5.75 Å². The van der Waals surface area contributed by atoms with Crippen molar-refractivity contribution in [3.63, 3.8) is 0 Å². The lowest BCUT2D eigenvalue weighted by atomic mass is 10.1. The molecule has 0 bridgehead atoms. The molecule has 3 aromatic rings. The van der Waals surface area contributed by atoms with Crippen molar-refractivity contribution >= 4 is 34.7 Å². The summed E-state index contributed by atoms with van der Waals surface area (Å²) in [5, 5.41) is 5.01. The van der Waals surface area contributed by atoms with Crippen LogP contribution in [-0.4, -0.2) is 18.0 Å². The Kier molecular flexibility index (Phi) is 5.96. The fourth-order valence-corrected chi connectivity index (χ4v) is 4.37. The molecule has 1 N–H and O–H groups in total. The zero-order chi connectivity index (χ0) is 18.5. The van der Waals surface area contributed by atoms with Gasteiger partial charge in [0.05, 0.1) is 12.8 Å². The molecule has 134 valence electrons. The first-order valence-corrected chi connectivity index (χ1v) is 10.0. The van der Waals surface area contributed by atoms with Gasteiger partial charge in [0.1, 0.15) is 10.1 Å². The Balaban J connectivity index is 1.78. The van der Waals surface area contributed by atoms with Gasteiger partial charge in [-0.1, -0.05) is 36.0 Å². The lowest BCUT2D eigenvalue weighted by Crippen LogP contribution is -2.14. The van der Waals surface area contributed by atoms with Crippen molar-refractivity contribution in [3.05, 3.63) is 70.2 Å². The molecule has 6 heteroatoms. The largest absolute Gasteiger partial charge is 0.495 e. The molecular weight excluding hydrogens is 364 g/mol. The SMILES string of the molecule is COc1ccc(C)cc1NC(=O)c1ccccc1CSc1nc(C)cs1. The second-order valence-corrected chi connectivity index (χ2v) is 7.94. The van der Waals surface area contributed by atoms with Crippen LogP contribution in [0.3, 0.4) is 0 Å². The Morgan fingerprint density at radius 2 is 2.04 bits per heavy atom. The average Bonchev–Trinajstić information content (AvgIpc) is 3.06. The minimum atomic E-state index is -0.139. The van der Waals surface area contributed by atoms with E-state index in [0.717, 1.165) is 21.2 Å². The number of aryl methyl sites for hydroxylation is 2. The van der Waals surface area contributed by atoms with Gasteiger partial charge >= 0.3 is 0 Å². The third kappa shape index (κ3) is 4.45. The molecule has 1 aromatic heterocycles. The molecule has 0 unspecified atom stereocenters. The highest BCUT2D eigenvalue weighted by Crippen LogP contribution is 2.29. The number of carbonyl (C=O) groups excluding carboxylic acids is 1. The van der Waals surface area contributed by atoms with E-state index in [1.54, 1.807) is 30.2 Å². The summed E-state index contributed by atoms with van der Waals surface area (Å²) < 4.78 is 6.36. The van der Waals surface area contributed by atoms with E-state index in [-0.39, 0.29) is 5.91 Å². The van der Waals surface area contributed by atoms with Crippen LogP contribution in [0.2, 0.25) is 0 Å². The number of hydrogen-bond donors (Lipinski definition) is 1. The van der Waals surface area contributed by atoms with Crippen LogP contribution in [0.4, 0.5) is 5.69 Å². The second-order valence-electron chi connectivity index (χ2n) is 5.86. The number of nitrogens with zero attached hydrogens (tertiary/aromatic N) is 1. The van der Waals surface area contributed by atoms with Crippen LogP contribution in [0.1, 0.15) is 27.2 Å². The van der Waals surface area contributed by atoms with E-state index in [0.29, 0.717) is 22.8 Å². The Labute approximate surface area is 161 Å². The molecule has 0 aliphatic heterocycles. The number of nitrogens with one attached hydrogen (secondary N) is 1. The first-order chi connectivity index (χ1) is 12.6. The Morgan fingerprint density at radius 1 is 1.23 bits per heavy atom. The molecule has 1 heterocycles. The summed E-state index contributed by atoms with van der Waals surface area (Å²) in [5.41, 5.74) is 4.40. The molecule has 0 saturated carbocycles. The van der Waals surface area contributed by atoms with Gasteiger partial charge in [0.15, 0.2) is 0 Å². The van der Waals surface area contributed by atoms with E-state index < -0.39 is 0 Å². The van der Waals surface area contributed by atoms with Gasteiger partial charge in [-0.2, -0.15) is 0 Å². The molecule has 0 aliphatic carbocycles. The van der Waals surface area contributed by atoms with Crippen molar-refractivity contribution in [2.45, 2.75) is 23.9 Å². The first kappa shape index (κ1) is 18.5. The highest BCUT2D eigenvalue weighted by atomic mass is 32.2. The monoisotopic (exact) mass is 384 g/mol. The predicted molar refractivity (Wildman–Crippen MR) is 109 cm³/mol. The van der Waals surface area contributed by atoms with Crippen LogP contribution in [0, 0.1) is 13.8 Å². The number of anilines is 1. The third-order valence-corrected chi connectivity index (χ3v) is 6.00. The fourth-order valence-electron chi connectivity index (χ4n) is 2.52. The zero-order valence-corrected chi connectivity index (χ0v) is 16.5. The van der Waals surface area contributed by atoms with Gasteiger partial charge in [0.2, 0.25) is 0 Å². The Hall–Kier alpha value is -2.31. The number of aromatic nitrogens is 1. The molecule has 0 radical (unpaired) electrons. The van der Waals surface area contributed by atoms with Crippen molar-refractivity contribution < 1.29 is 9.53 Å². The van der Waals surface area contributed by atoms with Crippen LogP contribution < -0.4 is 10.1 Å². The van der Waals surface area contributed by atoms with E-state index in [4.69, 9.17) is 4.74 Å². The summed E-state index contributed by atoms with van der Waals surface area (Å²) in [6, 6.07) is 13.4. The molecule has 2 aromatic carbocycles. The first-order valence-electron chi connectivity index (χ1n) is 8.15. The maximum absolute atomic E-state index is 12.8. The number of thioether (sulfide) groups is 1. The third-order valence-electron chi connectivity index (χ3n) is 3.81. The Bertz CT molecular complexity index is 922. The van der Waals surface area contributed by atoms with E-state index in [2.05, 4.69) is 10.3 Å². The van der Waals surface area contributed by atoms with Crippen molar-refractivity contribution in [1.29, 1.82) is 0 Å². The molecule has 0 fully saturated rings. The number of rotatable bonds is 6. The zero-order valence-electron chi connectivity index (χ0n) is 14.9. The summed E-state index contributed by atoms with van der Waals surface area (Å²) in [6.45, 7) is 3.97. The van der Waals surface area contributed by atoms with E-state index in [1.165, 1.54) is 0 Å². The van der Waals surface area contributed by atoms with E-state index in [1.807, 2.05) is 61.7 Å². The van der Waals surface area contributed by atoms with E-state index >= 15 is 0 Å². The molecule has 4 nitrogen and oxygen atoms in total. The summed E-state index contributed by atoms with van der Waals surface area (Å²) >= 11 is 3.27. The van der Waals surface area contributed by atoms with Crippen LogP contribution in [0.15, 0.2) is 52.2 Å². The molecule has 1 amide bonds. The fraction of sp³-hybridized carbons (Fsp3) is 0.200. The molecule has 0 spiro atoms. The molecular formula is C20H20N2O2S2. The highest BCUT2D eigenvalue weighted by molar-refractivity contribution is 8.00. The number of amides is 1. The van der Waals surface area contributed by atoms with Gasteiger partial charge in [-0.15, -0.1) is 11.3 Å². The smallest absolute Gasteiger partial charge is 0.256 e. The number of carbonyl (C=O) groups is 1. The van der Waals surface area contributed by atoms with Gasteiger partial charge in [-0.25, -0.2) is 4.98 Å². The van der Waals surface area contributed by atoms with Gasteiger partial charge in [0, 0.05) is 22.4 Å². The number of hydrogen-bond acceptors (Lipinski definition) is 5. The molecule has 0 saturated heterocycles. The van der Waals surface area contributed by atoms with Crippen LogP contribution >= 0.6 is 23.1 Å². The van der Waals surface area contributed by atoms with Crippen molar-refractivity contribution in [1.82, 2.24) is 4.98 Å². The Morgan fingerprint density at radius 3 is 2.77 bits per heavy atom. The van der Waals surface area contributed by atoms with E-state index in [9.17, 15) is 4.79 Å². The lowest BCUT2D eigenvalue weighted by molar-refractivity contribution is 0.102. The molecule has 26 heavy (non-hydrogen) atoms. The van der Waals surface area contributed by atoms with Gasteiger partial charge in [-0.05, 0) is 43.2 Å². The number of methoxy groups -OCH3 is 1. The minimum absolute atomic E-state index is 0.139. The molecule has 3 rings (SSSR count). The summed E-state index contributed by atoms with van der Waals surface area (Å²) in [5.74, 6) is 1.20. The standard InChI is InChI=1S/C20H20N2O2S2/c1-13-8-9-18(24-3)17(10-13)22-19(23)16-7-5-4-6-15(16)12-26-20-21-14(2)11-25-20/h4-11H,12H2,1-3H3,(H,22,23). The van der Waals surface area contributed by atoms with Crippen LogP contribution in [0.5, 0.6) is 5.75 Å². The second kappa shape index (κ2) is 8.38. The number of ether oxygens (including phenoxy) is 1. The average molecular weight is 385 g/mol. The molecule has 0 aliphatic rings. The number of benzene rings is 2. The molecule has 0 atom stereocenters. The number of thiazole rings is 1. The predicted octanol–water partition coefficient (Wildman–Crippen LogP) is 5.31. The summed E-state index contributed by atoms with van der Waals surface area (Å²) in [6.07, 6.45) is 0. The highest BCUT2D eigenvalue weighted by Gasteiger charge is 2.14. The summed E-state index contributed by atoms with van der Waals surface area (Å²) in [7, 11) is 1.60. The van der Waals surface area contributed by atoms with Crippen molar-refractivity contribution in [3.8, 4) is 5.75 Å². The lowest BCUT2D eigenvalue weighted by Gasteiger charge is -2.13. The van der Waals surface area contributed by atoms with Crippen molar-refractivity contribution in [2.75, 3.05) is 12.4 Å². The topological polar surface area (TPSA) is 51.2 Å². The van der Waals surface area contributed by atoms with Gasteiger partial charge in [0.25, 0.3) is 5.91 Å². The maximum atomic E-state index is 12.8. The van der Waals surface area contributed by atoms with Gasteiger partial charge < -0.3 is 10.1 Å². The van der Waals surface area contributed by atoms with Gasteiger partial charge in [-0.3, -0.25) is 4.79 Å². The summed E-state index contributed by atoms with van der Waals surface area (Å²) in [4.78, 5) is 17.3. The minimum Gasteiger partial charge on any atom is -0.495 e. The quantitative estimate of drug-likeness (QED) is 0.585.